The molecule has 10 heteroatoms. The van der Waals surface area contributed by atoms with Crippen LogP contribution in [0.25, 0.3) is 0 Å². The van der Waals surface area contributed by atoms with Crippen LogP contribution < -0.4 is 11.1 Å². The fourth-order valence-electron chi connectivity index (χ4n) is 13.2. The minimum atomic E-state index is -0.716. The molecule has 0 aliphatic heterocycles. The second-order valence-corrected chi connectivity index (χ2v) is 18.3. The van der Waals surface area contributed by atoms with E-state index in [4.69, 9.17) is 15.2 Å². The summed E-state index contributed by atoms with van der Waals surface area (Å²) in [5.74, 6) is 1.16. The number of carbonyl (C=O) groups excluding carboxylic acids is 2. The SMILES string of the molecule is CC(COC(=O)n1ccc(N)n1)[C@@H]1CC[C@]2(C(=O)O)CC[C@]3(C)C(CCC4[C@@]5(C)CC[C@@H](OC(=O)NC6CC6)C(C)(C)C5CC[C@]43C)C12. The molecule has 6 fully saturated rings. The molecule has 6 aliphatic rings. The Morgan fingerprint density at radius 2 is 1.71 bits per heavy atom. The number of rotatable bonds is 6. The number of fused-ring (bicyclic) bond motifs is 7. The van der Waals surface area contributed by atoms with Crippen LogP contribution in [0.4, 0.5) is 15.4 Å². The fraction of sp³-hybridized carbons (Fsp3) is 0.842. The van der Waals surface area contributed by atoms with Crippen molar-refractivity contribution in [3.8, 4) is 0 Å². The maximum atomic E-state index is 13.3. The molecule has 0 bridgehead atoms. The van der Waals surface area contributed by atoms with E-state index in [2.05, 4.69) is 52.0 Å². The zero-order valence-electron chi connectivity index (χ0n) is 29.9. The van der Waals surface area contributed by atoms with Crippen molar-refractivity contribution >= 4 is 24.0 Å². The summed E-state index contributed by atoms with van der Waals surface area (Å²) < 4.78 is 13.0. The predicted octanol–water partition coefficient (Wildman–Crippen LogP) is 7.51. The van der Waals surface area contributed by atoms with Gasteiger partial charge in [-0.1, -0.05) is 41.5 Å². The van der Waals surface area contributed by atoms with Gasteiger partial charge in [0, 0.05) is 23.7 Å². The van der Waals surface area contributed by atoms with Crippen LogP contribution in [-0.2, 0) is 14.3 Å². The Labute approximate surface area is 285 Å². The van der Waals surface area contributed by atoms with Gasteiger partial charge < -0.3 is 25.6 Å². The average Bonchev–Trinajstić information content (AvgIpc) is 3.57. The number of nitrogens with zero attached hydrogens (tertiary/aromatic N) is 2. The second kappa shape index (κ2) is 11.4. The number of carboxylic acid groups (broad SMARTS) is 1. The summed E-state index contributed by atoms with van der Waals surface area (Å²) in [6.07, 6.45) is 12.2. The Kier molecular flexibility index (Phi) is 7.99. The van der Waals surface area contributed by atoms with Crippen LogP contribution in [0.3, 0.4) is 0 Å². The molecule has 11 atom stereocenters. The average molecular weight is 667 g/mol. The molecule has 6 saturated carbocycles. The summed E-state index contributed by atoms with van der Waals surface area (Å²) in [5.41, 5.74) is 5.09. The number of alkyl carbamates (subject to hydrolysis) is 1. The summed E-state index contributed by atoms with van der Waals surface area (Å²) in [7, 11) is 0. The molecule has 1 aromatic rings. The largest absolute Gasteiger partial charge is 0.481 e. The maximum absolute atomic E-state index is 13.3. The van der Waals surface area contributed by atoms with Crippen molar-refractivity contribution in [1.82, 2.24) is 15.1 Å². The van der Waals surface area contributed by atoms with Crippen LogP contribution in [0.5, 0.6) is 0 Å². The molecule has 4 N–H and O–H groups in total. The van der Waals surface area contributed by atoms with Gasteiger partial charge in [0.2, 0.25) is 0 Å². The smallest absolute Gasteiger partial charge is 0.434 e. The van der Waals surface area contributed by atoms with Crippen molar-refractivity contribution in [2.24, 2.45) is 62.6 Å². The van der Waals surface area contributed by atoms with E-state index in [0.29, 0.717) is 24.2 Å². The molecule has 0 saturated heterocycles. The zero-order chi connectivity index (χ0) is 34.4. The molecule has 48 heavy (non-hydrogen) atoms. The number of nitrogens with two attached hydrogens (primary N) is 1. The van der Waals surface area contributed by atoms with Gasteiger partial charge in [0.05, 0.1) is 12.0 Å². The Hall–Kier alpha value is -2.78. The van der Waals surface area contributed by atoms with Crippen LogP contribution >= 0.6 is 0 Å². The lowest BCUT2D eigenvalue weighted by Gasteiger charge is -2.72. The highest BCUT2D eigenvalue weighted by Gasteiger charge is 2.72. The molecule has 0 aromatic carbocycles. The molecule has 1 aromatic heterocycles. The van der Waals surface area contributed by atoms with Gasteiger partial charge in [-0.3, -0.25) is 4.79 Å². The van der Waals surface area contributed by atoms with E-state index >= 15 is 0 Å². The number of aromatic nitrogens is 2. The number of anilines is 1. The maximum Gasteiger partial charge on any atom is 0.434 e. The number of aliphatic carboxylic acids is 1. The molecule has 10 nitrogen and oxygen atoms in total. The number of nitrogen functional groups attached to an aromatic ring is 1. The van der Waals surface area contributed by atoms with Crippen molar-refractivity contribution in [3.63, 3.8) is 0 Å². The molecule has 266 valence electrons. The van der Waals surface area contributed by atoms with Crippen LogP contribution in [0.1, 0.15) is 119 Å². The summed E-state index contributed by atoms with van der Waals surface area (Å²) in [6, 6.07) is 1.85. The van der Waals surface area contributed by atoms with Gasteiger partial charge in [-0.05, 0) is 129 Å². The van der Waals surface area contributed by atoms with Gasteiger partial charge in [-0.15, -0.1) is 5.10 Å². The quantitative estimate of drug-likeness (QED) is 0.283. The fourth-order valence-corrected chi connectivity index (χ4v) is 13.2. The van der Waals surface area contributed by atoms with Gasteiger partial charge in [0.15, 0.2) is 0 Å². The molecular weight excluding hydrogens is 608 g/mol. The van der Waals surface area contributed by atoms with E-state index in [-0.39, 0.29) is 70.1 Å². The number of ether oxygens (including phenoxy) is 2. The van der Waals surface area contributed by atoms with Gasteiger partial charge >= 0.3 is 18.2 Å². The van der Waals surface area contributed by atoms with Crippen molar-refractivity contribution < 1.29 is 29.0 Å². The first kappa shape index (κ1) is 33.7. The number of nitrogens with one attached hydrogen (secondary N) is 1. The van der Waals surface area contributed by atoms with Crippen LogP contribution in [0, 0.1) is 62.6 Å². The van der Waals surface area contributed by atoms with Crippen molar-refractivity contribution in [1.29, 1.82) is 0 Å². The lowest BCUT2D eigenvalue weighted by Crippen LogP contribution is -2.67. The van der Waals surface area contributed by atoms with E-state index in [0.717, 1.165) is 75.3 Å². The molecule has 1 amide bonds. The van der Waals surface area contributed by atoms with Crippen molar-refractivity contribution in [2.75, 3.05) is 12.3 Å². The third kappa shape index (κ3) is 4.91. The Bertz CT molecular complexity index is 1460. The molecule has 0 spiro atoms. The van der Waals surface area contributed by atoms with Gasteiger partial charge in [-0.25, -0.2) is 9.59 Å². The highest BCUT2D eigenvalue weighted by Crippen LogP contribution is 2.77. The van der Waals surface area contributed by atoms with Crippen LogP contribution in [-0.4, -0.2) is 51.8 Å². The number of amides is 1. The molecular formula is C38H58N4O6. The minimum Gasteiger partial charge on any atom is -0.481 e. The minimum absolute atomic E-state index is 0.0146. The van der Waals surface area contributed by atoms with E-state index in [1.165, 1.54) is 6.20 Å². The van der Waals surface area contributed by atoms with Crippen molar-refractivity contribution in [3.05, 3.63) is 12.3 Å². The molecule has 5 unspecified atom stereocenters. The topological polar surface area (TPSA) is 146 Å². The highest BCUT2D eigenvalue weighted by molar-refractivity contribution is 5.76. The third-order valence-electron chi connectivity index (χ3n) is 16.0. The summed E-state index contributed by atoms with van der Waals surface area (Å²) in [6.45, 7) is 14.6. The highest BCUT2D eigenvalue weighted by atomic mass is 16.6. The lowest BCUT2D eigenvalue weighted by atomic mass is 9.32. The van der Waals surface area contributed by atoms with Gasteiger partial charge in [0.25, 0.3) is 0 Å². The predicted molar refractivity (Wildman–Crippen MR) is 181 cm³/mol. The summed E-state index contributed by atoms with van der Waals surface area (Å²) in [4.78, 5) is 38.7. The van der Waals surface area contributed by atoms with Crippen LogP contribution in [0.15, 0.2) is 12.3 Å². The molecule has 1 heterocycles. The third-order valence-corrected chi connectivity index (χ3v) is 16.0. The Balaban J connectivity index is 1.13. The first-order valence-electron chi connectivity index (χ1n) is 18.8. The lowest BCUT2D eigenvalue weighted by molar-refractivity contribution is -0.249. The normalized spacial score (nSPS) is 43.5. The second-order valence-electron chi connectivity index (χ2n) is 18.3. The Morgan fingerprint density at radius 3 is 2.38 bits per heavy atom. The monoisotopic (exact) mass is 666 g/mol. The van der Waals surface area contributed by atoms with Gasteiger partial charge in [-0.2, -0.15) is 4.68 Å². The number of hydrogen-bond acceptors (Lipinski definition) is 7. The van der Waals surface area contributed by atoms with E-state index in [9.17, 15) is 19.5 Å². The molecule has 6 aliphatic carbocycles. The zero-order valence-corrected chi connectivity index (χ0v) is 29.9. The van der Waals surface area contributed by atoms with E-state index in [1.54, 1.807) is 6.07 Å². The van der Waals surface area contributed by atoms with E-state index in [1.807, 2.05) is 0 Å². The summed E-state index contributed by atoms with van der Waals surface area (Å²) in [5, 5.41) is 17.9. The van der Waals surface area contributed by atoms with Gasteiger partial charge in [0.1, 0.15) is 11.9 Å². The van der Waals surface area contributed by atoms with Crippen LogP contribution in [0.2, 0.25) is 0 Å². The standard InChI is InChI=1S/C38H58N4O6/c1-22(21-47-33(46)42-20-14-29(39)41-42)24-11-17-38(31(43)44)19-18-36(5)25(30(24)38)9-10-27-35(4)15-13-28(48-32(45)40-23-7-8-23)34(2,3)26(35)12-16-37(27,36)6/h14,20,22-28,30H,7-13,15-19,21H2,1-6H3,(H2,39,41)(H,40,45)(H,43,44)/t22?,24-,25?,26?,27?,28+,30?,35-,36+,37+,38-/m0/s1. The summed E-state index contributed by atoms with van der Waals surface area (Å²) >= 11 is 0. The number of carboxylic acids is 1. The molecule has 0 radical (unpaired) electrons. The molecule has 7 rings (SSSR count). The first-order chi connectivity index (χ1) is 22.6. The number of hydrogen-bond donors (Lipinski definition) is 3. The first-order valence-corrected chi connectivity index (χ1v) is 18.8. The number of carbonyl (C=O) groups is 3. The van der Waals surface area contributed by atoms with Crippen molar-refractivity contribution in [2.45, 2.75) is 131 Å². The Morgan fingerprint density at radius 1 is 0.958 bits per heavy atom. The van der Waals surface area contributed by atoms with E-state index < -0.39 is 17.5 Å².